The van der Waals surface area contributed by atoms with Crippen LogP contribution in [0.15, 0.2) is 65.2 Å². The molecule has 1 heterocycles. The highest BCUT2D eigenvalue weighted by Crippen LogP contribution is 2.21. The first-order valence-corrected chi connectivity index (χ1v) is 8.27. The third-order valence-corrected chi connectivity index (χ3v) is 3.85. The number of nitrogens with zero attached hydrogens (tertiary/aromatic N) is 1. The van der Waals surface area contributed by atoms with E-state index in [0.29, 0.717) is 24.7 Å². The van der Waals surface area contributed by atoms with Crippen LogP contribution in [0.1, 0.15) is 28.8 Å². The van der Waals surface area contributed by atoms with Gasteiger partial charge < -0.3 is 19.6 Å². The first-order chi connectivity index (χ1) is 12.6. The smallest absolute Gasteiger partial charge is 0.405 e. The minimum absolute atomic E-state index is 0.356. The average Bonchev–Trinajstić information content (AvgIpc) is 3.07. The Morgan fingerprint density at radius 3 is 2.50 bits per heavy atom. The van der Waals surface area contributed by atoms with Crippen molar-refractivity contribution in [3.05, 3.63) is 83.6 Å². The molecule has 0 bridgehead atoms. The normalized spacial score (nSPS) is 11.7. The molecule has 3 aromatic rings. The number of benzene rings is 2. The number of rotatable bonds is 7. The van der Waals surface area contributed by atoms with Gasteiger partial charge in [-0.25, -0.2) is 9.78 Å². The van der Waals surface area contributed by atoms with Gasteiger partial charge in [0.1, 0.15) is 24.2 Å². The molecule has 0 fully saturated rings. The average molecular weight is 352 g/mol. The van der Waals surface area contributed by atoms with Crippen molar-refractivity contribution in [2.24, 2.45) is 0 Å². The number of aromatic nitrogens is 1. The molecule has 0 radical (unpaired) electrons. The highest BCUT2D eigenvalue weighted by molar-refractivity contribution is 5.65. The molecule has 2 N–H and O–H groups in total. The SMILES string of the molecule is Cc1cnc(C(Cc2ccc(OCc3ccccc3)cc2)NC(=O)O)o1. The van der Waals surface area contributed by atoms with E-state index in [1.54, 1.807) is 13.1 Å². The zero-order valence-corrected chi connectivity index (χ0v) is 14.4. The quantitative estimate of drug-likeness (QED) is 0.668. The number of carboxylic acid groups (broad SMARTS) is 1. The maximum absolute atomic E-state index is 11.1. The Hall–Kier alpha value is -3.28. The molecule has 0 aliphatic heterocycles. The molecule has 1 amide bonds. The van der Waals surface area contributed by atoms with Crippen molar-refractivity contribution in [2.75, 3.05) is 0 Å². The van der Waals surface area contributed by atoms with Gasteiger partial charge in [-0.05, 0) is 30.2 Å². The summed E-state index contributed by atoms with van der Waals surface area (Å²) >= 11 is 0. The molecule has 1 aromatic heterocycles. The van der Waals surface area contributed by atoms with E-state index < -0.39 is 12.1 Å². The van der Waals surface area contributed by atoms with E-state index in [1.807, 2.05) is 54.6 Å². The first-order valence-electron chi connectivity index (χ1n) is 8.27. The number of ether oxygens (including phenoxy) is 1. The van der Waals surface area contributed by atoms with E-state index in [2.05, 4.69) is 10.3 Å². The minimum Gasteiger partial charge on any atom is -0.489 e. The van der Waals surface area contributed by atoms with Gasteiger partial charge in [0.25, 0.3) is 0 Å². The zero-order valence-electron chi connectivity index (χ0n) is 14.4. The summed E-state index contributed by atoms with van der Waals surface area (Å²) in [5.74, 6) is 1.75. The van der Waals surface area contributed by atoms with Gasteiger partial charge in [0, 0.05) is 6.42 Å². The van der Waals surface area contributed by atoms with Gasteiger partial charge in [-0.15, -0.1) is 0 Å². The summed E-state index contributed by atoms with van der Waals surface area (Å²) in [6.07, 6.45) is 0.895. The molecule has 1 atom stereocenters. The molecule has 1 unspecified atom stereocenters. The lowest BCUT2D eigenvalue weighted by molar-refractivity contribution is 0.187. The fourth-order valence-electron chi connectivity index (χ4n) is 2.58. The van der Waals surface area contributed by atoms with Crippen molar-refractivity contribution in [1.29, 1.82) is 0 Å². The van der Waals surface area contributed by atoms with Crippen LogP contribution in [0.5, 0.6) is 5.75 Å². The summed E-state index contributed by atoms with van der Waals surface area (Å²) in [6, 6.07) is 17.0. The predicted molar refractivity (Wildman–Crippen MR) is 96.1 cm³/mol. The van der Waals surface area contributed by atoms with Crippen molar-refractivity contribution in [3.8, 4) is 5.75 Å². The van der Waals surface area contributed by atoms with E-state index >= 15 is 0 Å². The number of aryl methyl sites for hydroxylation is 1. The highest BCUT2D eigenvalue weighted by atomic mass is 16.5. The van der Waals surface area contributed by atoms with Crippen LogP contribution in [0.25, 0.3) is 0 Å². The molecule has 0 saturated heterocycles. The van der Waals surface area contributed by atoms with Crippen molar-refractivity contribution < 1.29 is 19.1 Å². The Labute approximate surface area is 151 Å². The molecule has 0 aliphatic carbocycles. The molecule has 0 saturated carbocycles. The van der Waals surface area contributed by atoms with Gasteiger partial charge in [-0.3, -0.25) is 0 Å². The van der Waals surface area contributed by atoms with E-state index in [9.17, 15) is 4.79 Å². The van der Waals surface area contributed by atoms with Gasteiger partial charge in [-0.1, -0.05) is 42.5 Å². The summed E-state index contributed by atoms with van der Waals surface area (Å²) in [4.78, 5) is 15.2. The van der Waals surface area contributed by atoms with Gasteiger partial charge >= 0.3 is 6.09 Å². The lowest BCUT2D eigenvalue weighted by Crippen LogP contribution is -2.28. The summed E-state index contributed by atoms with van der Waals surface area (Å²) < 4.78 is 11.2. The second-order valence-electron chi connectivity index (χ2n) is 5.93. The molecule has 134 valence electrons. The number of oxazole rings is 1. The Morgan fingerprint density at radius 2 is 1.88 bits per heavy atom. The first kappa shape index (κ1) is 17.5. The summed E-state index contributed by atoms with van der Waals surface area (Å²) in [7, 11) is 0. The monoisotopic (exact) mass is 352 g/mol. The standard InChI is InChI=1S/C20H20N2O4/c1-14-12-21-19(26-14)18(22-20(23)24)11-15-7-9-17(10-8-15)25-13-16-5-3-2-4-6-16/h2-10,12,18,22H,11,13H2,1H3,(H,23,24). The topological polar surface area (TPSA) is 84.6 Å². The number of carbonyl (C=O) groups is 1. The third-order valence-electron chi connectivity index (χ3n) is 3.85. The molecule has 6 nitrogen and oxygen atoms in total. The van der Waals surface area contributed by atoms with Gasteiger partial charge in [0.05, 0.1) is 6.20 Å². The zero-order chi connectivity index (χ0) is 18.4. The van der Waals surface area contributed by atoms with Crippen LogP contribution in [0.3, 0.4) is 0 Å². The van der Waals surface area contributed by atoms with Crippen LogP contribution in [0, 0.1) is 6.92 Å². The van der Waals surface area contributed by atoms with Crippen molar-refractivity contribution in [1.82, 2.24) is 10.3 Å². The van der Waals surface area contributed by atoms with Crippen molar-refractivity contribution in [2.45, 2.75) is 26.0 Å². The molecular weight excluding hydrogens is 332 g/mol. The van der Waals surface area contributed by atoms with Crippen LogP contribution < -0.4 is 10.1 Å². The molecule has 0 spiro atoms. The van der Waals surface area contributed by atoms with E-state index in [-0.39, 0.29) is 0 Å². The summed E-state index contributed by atoms with van der Waals surface area (Å²) in [5, 5.41) is 11.5. The predicted octanol–water partition coefficient (Wildman–Crippen LogP) is 4.11. The maximum atomic E-state index is 11.1. The van der Waals surface area contributed by atoms with Crippen LogP contribution in [0.4, 0.5) is 4.79 Å². The maximum Gasteiger partial charge on any atom is 0.405 e. The van der Waals surface area contributed by atoms with E-state index in [0.717, 1.165) is 16.9 Å². The second-order valence-corrected chi connectivity index (χ2v) is 5.93. The van der Waals surface area contributed by atoms with Gasteiger partial charge in [0.15, 0.2) is 0 Å². The number of nitrogens with one attached hydrogen (secondary N) is 1. The van der Waals surface area contributed by atoms with E-state index in [1.165, 1.54) is 0 Å². The Morgan fingerprint density at radius 1 is 1.15 bits per heavy atom. The van der Waals surface area contributed by atoms with Crippen LogP contribution in [-0.2, 0) is 13.0 Å². The fraction of sp³-hybridized carbons (Fsp3) is 0.200. The molecule has 26 heavy (non-hydrogen) atoms. The Balaban J connectivity index is 1.63. The number of hydrogen-bond acceptors (Lipinski definition) is 4. The largest absolute Gasteiger partial charge is 0.489 e. The molecule has 6 heteroatoms. The minimum atomic E-state index is -1.12. The van der Waals surface area contributed by atoms with Crippen LogP contribution in [0.2, 0.25) is 0 Å². The van der Waals surface area contributed by atoms with E-state index in [4.69, 9.17) is 14.3 Å². The second kappa shape index (κ2) is 8.20. The van der Waals surface area contributed by atoms with Gasteiger partial charge in [0.2, 0.25) is 5.89 Å². The van der Waals surface area contributed by atoms with Crippen molar-refractivity contribution >= 4 is 6.09 Å². The number of hydrogen-bond donors (Lipinski definition) is 2. The van der Waals surface area contributed by atoms with Crippen LogP contribution in [-0.4, -0.2) is 16.2 Å². The third kappa shape index (κ3) is 4.86. The summed E-state index contributed by atoms with van der Waals surface area (Å²) in [6.45, 7) is 2.27. The Bertz CT molecular complexity index is 844. The lowest BCUT2D eigenvalue weighted by Gasteiger charge is -2.14. The molecular formula is C20H20N2O4. The molecule has 2 aromatic carbocycles. The summed E-state index contributed by atoms with van der Waals surface area (Å²) in [5.41, 5.74) is 2.05. The fourth-order valence-corrected chi connectivity index (χ4v) is 2.58. The van der Waals surface area contributed by atoms with Crippen LogP contribution >= 0.6 is 0 Å². The highest BCUT2D eigenvalue weighted by Gasteiger charge is 2.19. The Kier molecular flexibility index (Phi) is 5.53. The number of amides is 1. The van der Waals surface area contributed by atoms with Crippen molar-refractivity contribution in [3.63, 3.8) is 0 Å². The molecule has 3 rings (SSSR count). The lowest BCUT2D eigenvalue weighted by atomic mass is 10.1. The molecule has 0 aliphatic rings. The van der Waals surface area contributed by atoms with Gasteiger partial charge in [-0.2, -0.15) is 0 Å².